The van der Waals surface area contributed by atoms with Crippen molar-refractivity contribution in [1.29, 1.82) is 0 Å². The van der Waals surface area contributed by atoms with Gasteiger partial charge in [-0.15, -0.1) is 11.3 Å². The molecule has 0 atom stereocenters. The summed E-state index contributed by atoms with van der Waals surface area (Å²) >= 11 is 5.37. The summed E-state index contributed by atoms with van der Waals surface area (Å²) in [6.07, 6.45) is 0. The molecule has 0 aliphatic rings. The van der Waals surface area contributed by atoms with Crippen molar-refractivity contribution in [3.05, 3.63) is 45.7 Å². The highest BCUT2D eigenvalue weighted by molar-refractivity contribution is 9.10. The molecule has 2 rings (SSSR count). The van der Waals surface area contributed by atoms with Gasteiger partial charge < -0.3 is 5.73 Å². The zero-order valence-electron chi connectivity index (χ0n) is 10.0. The Hall–Kier alpha value is -0.640. The summed E-state index contributed by atoms with van der Waals surface area (Å²) in [5.74, 6) is 0. The van der Waals surface area contributed by atoms with Crippen LogP contribution in [-0.2, 0) is 5.41 Å². The van der Waals surface area contributed by atoms with E-state index in [1.807, 2.05) is 6.07 Å². The molecule has 1 aromatic heterocycles. The monoisotopic (exact) mass is 309 g/mol. The van der Waals surface area contributed by atoms with Crippen molar-refractivity contribution in [3.8, 4) is 10.4 Å². The Morgan fingerprint density at radius 3 is 2.65 bits per heavy atom. The maximum Gasteiger partial charge on any atom is 0.0357 e. The maximum atomic E-state index is 5.81. The zero-order valence-corrected chi connectivity index (χ0v) is 12.4. The third-order valence-electron chi connectivity index (χ3n) is 3.03. The van der Waals surface area contributed by atoms with Gasteiger partial charge in [0.15, 0.2) is 0 Å². The van der Waals surface area contributed by atoms with Crippen LogP contribution in [-0.4, -0.2) is 6.54 Å². The van der Waals surface area contributed by atoms with Crippen LogP contribution in [0.5, 0.6) is 0 Å². The van der Waals surface area contributed by atoms with Gasteiger partial charge >= 0.3 is 0 Å². The molecule has 1 nitrogen and oxygen atoms in total. The predicted molar refractivity (Wildman–Crippen MR) is 79.5 cm³/mol. The van der Waals surface area contributed by atoms with Crippen LogP contribution in [0.2, 0.25) is 0 Å². The quantitative estimate of drug-likeness (QED) is 0.892. The number of hydrogen-bond acceptors (Lipinski definition) is 2. The first-order chi connectivity index (χ1) is 8.04. The van der Waals surface area contributed by atoms with Crippen molar-refractivity contribution in [2.24, 2.45) is 5.73 Å². The van der Waals surface area contributed by atoms with E-state index in [0.29, 0.717) is 6.54 Å². The second-order valence-electron chi connectivity index (χ2n) is 4.77. The molecule has 2 N–H and O–H groups in total. The summed E-state index contributed by atoms with van der Waals surface area (Å²) in [5.41, 5.74) is 8.43. The Balaban J connectivity index is 2.40. The third-order valence-corrected chi connectivity index (χ3v) is 4.69. The fourth-order valence-corrected chi connectivity index (χ4v) is 3.38. The molecular formula is C14H16BrNS. The minimum absolute atomic E-state index is 0.0516. The van der Waals surface area contributed by atoms with Gasteiger partial charge in [-0.25, -0.2) is 0 Å². The standard InChI is InChI=1S/C14H16BrNS/c1-14(2,9-16)10-7-13(17-8-10)11-5-3-4-6-12(11)15/h3-8H,9,16H2,1-2H3. The van der Waals surface area contributed by atoms with E-state index >= 15 is 0 Å². The van der Waals surface area contributed by atoms with Crippen LogP contribution in [0.3, 0.4) is 0 Å². The number of rotatable bonds is 3. The number of halogens is 1. The Kier molecular flexibility index (Phi) is 3.71. The lowest BCUT2D eigenvalue weighted by Gasteiger charge is -2.20. The summed E-state index contributed by atoms with van der Waals surface area (Å²) in [7, 11) is 0. The van der Waals surface area contributed by atoms with Crippen LogP contribution in [0.4, 0.5) is 0 Å². The fraction of sp³-hybridized carbons (Fsp3) is 0.286. The number of nitrogens with two attached hydrogens (primary N) is 1. The molecule has 0 unspecified atom stereocenters. The van der Waals surface area contributed by atoms with E-state index in [4.69, 9.17) is 5.73 Å². The van der Waals surface area contributed by atoms with Crippen LogP contribution >= 0.6 is 27.3 Å². The molecule has 0 fully saturated rings. The van der Waals surface area contributed by atoms with Crippen molar-refractivity contribution in [2.75, 3.05) is 6.54 Å². The van der Waals surface area contributed by atoms with Crippen LogP contribution in [0.15, 0.2) is 40.2 Å². The Morgan fingerprint density at radius 1 is 1.29 bits per heavy atom. The molecule has 1 aromatic carbocycles. The highest BCUT2D eigenvalue weighted by atomic mass is 79.9. The van der Waals surface area contributed by atoms with Gasteiger partial charge in [0.1, 0.15) is 0 Å². The van der Waals surface area contributed by atoms with Gasteiger partial charge in [-0.2, -0.15) is 0 Å². The van der Waals surface area contributed by atoms with Gasteiger partial charge in [-0.1, -0.05) is 48.0 Å². The van der Waals surface area contributed by atoms with Gasteiger partial charge in [0.2, 0.25) is 0 Å². The second-order valence-corrected chi connectivity index (χ2v) is 6.53. The first-order valence-corrected chi connectivity index (χ1v) is 7.26. The molecule has 3 heteroatoms. The van der Waals surface area contributed by atoms with Crippen LogP contribution in [0, 0.1) is 0 Å². The first kappa shape index (κ1) is 12.8. The lowest BCUT2D eigenvalue weighted by Crippen LogP contribution is -2.27. The van der Waals surface area contributed by atoms with Crippen LogP contribution in [0.25, 0.3) is 10.4 Å². The summed E-state index contributed by atoms with van der Waals surface area (Å²) in [5, 5.41) is 2.21. The predicted octanol–water partition coefficient (Wildman–Crippen LogP) is 4.41. The van der Waals surface area contributed by atoms with Gasteiger partial charge in [0, 0.05) is 26.9 Å². The topological polar surface area (TPSA) is 26.0 Å². The molecule has 0 amide bonds. The highest BCUT2D eigenvalue weighted by Crippen LogP contribution is 2.36. The molecule has 1 heterocycles. The molecule has 0 aliphatic heterocycles. The molecule has 17 heavy (non-hydrogen) atoms. The minimum atomic E-state index is 0.0516. The van der Waals surface area contributed by atoms with Crippen molar-refractivity contribution < 1.29 is 0 Å². The van der Waals surface area contributed by atoms with Gasteiger partial charge in [0.05, 0.1) is 0 Å². The number of hydrogen-bond donors (Lipinski definition) is 1. The number of thiophene rings is 1. The van der Waals surface area contributed by atoms with E-state index in [1.165, 1.54) is 16.0 Å². The third kappa shape index (κ3) is 2.62. The van der Waals surface area contributed by atoms with Crippen molar-refractivity contribution in [2.45, 2.75) is 19.3 Å². The van der Waals surface area contributed by atoms with E-state index < -0.39 is 0 Å². The molecule has 0 aliphatic carbocycles. The van der Waals surface area contributed by atoms with Gasteiger partial charge in [-0.05, 0) is 23.1 Å². The van der Waals surface area contributed by atoms with Crippen molar-refractivity contribution in [3.63, 3.8) is 0 Å². The van der Waals surface area contributed by atoms with Crippen LogP contribution in [0.1, 0.15) is 19.4 Å². The van der Waals surface area contributed by atoms with Gasteiger partial charge in [-0.3, -0.25) is 0 Å². The normalized spacial score (nSPS) is 11.8. The van der Waals surface area contributed by atoms with E-state index in [1.54, 1.807) is 11.3 Å². The zero-order chi connectivity index (χ0) is 12.5. The lowest BCUT2D eigenvalue weighted by atomic mass is 9.86. The molecular weight excluding hydrogens is 294 g/mol. The second kappa shape index (κ2) is 4.92. The average molecular weight is 310 g/mol. The van der Waals surface area contributed by atoms with Crippen molar-refractivity contribution >= 4 is 27.3 Å². The summed E-state index contributed by atoms with van der Waals surface area (Å²) in [4.78, 5) is 1.29. The molecule has 2 aromatic rings. The highest BCUT2D eigenvalue weighted by Gasteiger charge is 2.20. The van der Waals surface area contributed by atoms with E-state index in [2.05, 4.69) is 59.4 Å². The maximum absolute atomic E-state index is 5.81. The Bertz CT molecular complexity index is 516. The average Bonchev–Trinajstić information content (AvgIpc) is 2.79. The summed E-state index contributed by atoms with van der Waals surface area (Å²) < 4.78 is 1.14. The SMILES string of the molecule is CC(C)(CN)c1csc(-c2ccccc2Br)c1. The Morgan fingerprint density at radius 2 is 2.00 bits per heavy atom. The molecule has 90 valence electrons. The molecule has 0 spiro atoms. The lowest BCUT2D eigenvalue weighted by molar-refractivity contribution is 0.541. The van der Waals surface area contributed by atoms with Crippen LogP contribution < -0.4 is 5.73 Å². The summed E-state index contributed by atoms with van der Waals surface area (Å²) in [6, 6.07) is 10.6. The minimum Gasteiger partial charge on any atom is -0.330 e. The summed E-state index contributed by atoms with van der Waals surface area (Å²) in [6.45, 7) is 5.02. The smallest absolute Gasteiger partial charge is 0.0357 e. The molecule has 0 bridgehead atoms. The van der Waals surface area contributed by atoms with Gasteiger partial charge in [0.25, 0.3) is 0 Å². The first-order valence-electron chi connectivity index (χ1n) is 5.58. The number of benzene rings is 1. The fourth-order valence-electron chi connectivity index (χ4n) is 1.61. The molecule has 0 radical (unpaired) electrons. The largest absolute Gasteiger partial charge is 0.330 e. The Labute approximate surface area is 115 Å². The van der Waals surface area contributed by atoms with E-state index in [0.717, 1.165) is 4.47 Å². The molecule has 0 saturated carbocycles. The van der Waals surface area contributed by atoms with E-state index in [9.17, 15) is 0 Å². The van der Waals surface area contributed by atoms with Crippen molar-refractivity contribution in [1.82, 2.24) is 0 Å². The van der Waals surface area contributed by atoms with E-state index in [-0.39, 0.29) is 5.41 Å². The molecule has 0 saturated heterocycles.